The van der Waals surface area contributed by atoms with Gasteiger partial charge >= 0.3 is 0 Å². The van der Waals surface area contributed by atoms with Gasteiger partial charge in [-0.15, -0.1) is 0 Å². The maximum atomic E-state index is 13.4. The summed E-state index contributed by atoms with van der Waals surface area (Å²) < 4.78 is 1.64. The van der Waals surface area contributed by atoms with Crippen molar-refractivity contribution in [3.8, 4) is 0 Å². The van der Waals surface area contributed by atoms with Crippen molar-refractivity contribution in [2.24, 2.45) is 5.92 Å². The average molecular weight is 408 g/mol. The Morgan fingerprint density at radius 1 is 1.13 bits per heavy atom. The van der Waals surface area contributed by atoms with Crippen LogP contribution in [0.4, 0.5) is 17.3 Å². The highest BCUT2D eigenvalue weighted by molar-refractivity contribution is 5.97. The zero-order valence-corrected chi connectivity index (χ0v) is 16.8. The Morgan fingerprint density at radius 3 is 2.60 bits per heavy atom. The summed E-state index contributed by atoms with van der Waals surface area (Å²) in [6.45, 7) is 1.83. The summed E-state index contributed by atoms with van der Waals surface area (Å²) >= 11 is 0. The quantitative estimate of drug-likeness (QED) is 0.715. The van der Waals surface area contributed by atoms with Gasteiger partial charge < -0.3 is 16.0 Å². The molecule has 0 aromatic carbocycles. The van der Waals surface area contributed by atoms with Crippen LogP contribution in [-0.2, 0) is 10.5 Å². The summed E-state index contributed by atoms with van der Waals surface area (Å²) in [5.41, 5.74) is 0.619. The van der Waals surface area contributed by atoms with Crippen molar-refractivity contribution in [2.45, 2.75) is 57.5 Å². The Labute approximate surface area is 173 Å². The number of carbonyl (C=O) groups is 2. The number of anilines is 3. The molecule has 156 valence electrons. The highest BCUT2D eigenvalue weighted by atomic mass is 16.2. The molecule has 5 rings (SSSR count). The second-order valence-corrected chi connectivity index (χ2v) is 8.45. The first kappa shape index (κ1) is 18.8. The number of hydrogen-bond donors (Lipinski definition) is 3. The zero-order chi connectivity index (χ0) is 20.9. The molecule has 2 aromatic heterocycles. The number of nitrogens with one attached hydrogen (secondary N) is 3. The molecule has 3 heterocycles. The van der Waals surface area contributed by atoms with Crippen LogP contribution in [0.25, 0.3) is 0 Å². The van der Waals surface area contributed by atoms with Crippen LogP contribution in [0.2, 0.25) is 0 Å². The Balaban J connectivity index is 1.48. The standard InChI is InChI=1S/C21H24N6O3/c1-12-9-14(24-15-10-16(23-11-22-15)25-18(28)13-5-6-13)20(30)27-17(12)19(29)26-21(27)7-3-2-4-8-21/h9-11,13H,2-8H2,1H3,(H,26,29)(H2,22,23,24,25,28). The van der Waals surface area contributed by atoms with E-state index in [1.165, 1.54) is 6.33 Å². The van der Waals surface area contributed by atoms with Crippen LogP contribution in [0.15, 0.2) is 23.3 Å². The van der Waals surface area contributed by atoms with Gasteiger partial charge in [0, 0.05) is 12.0 Å². The van der Waals surface area contributed by atoms with Gasteiger partial charge in [0.15, 0.2) is 0 Å². The highest BCUT2D eigenvalue weighted by Crippen LogP contribution is 2.37. The first-order chi connectivity index (χ1) is 14.5. The highest BCUT2D eigenvalue weighted by Gasteiger charge is 2.45. The molecule has 3 aliphatic rings. The lowest BCUT2D eigenvalue weighted by Gasteiger charge is -2.35. The summed E-state index contributed by atoms with van der Waals surface area (Å²) in [6.07, 6.45) is 7.70. The Hall–Kier alpha value is -3.23. The number of pyridine rings is 1. The van der Waals surface area contributed by atoms with Crippen LogP contribution in [0.1, 0.15) is 61.0 Å². The molecule has 0 unspecified atom stereocenters. The summed E-state index contributed by atoms with van der Waals surface area (Å²) in [4.78, 5) is 46.3. The fraction of sp³-hybridized carbons (Fsp3) is 0.476. The molecule has 1 spiro atoms. The molecular weight excluding hydrogens is 384 g/mol. The predicted octanol–water partition coefficient (Wildman–Crippen LogP) is 2.40. The minimum Gasteiger partial charge on any atom is -0.336 e. The summed E-state index contributed by atoms with van der Waals surface area (Å²) in [6, 6.07) is 3.28. The van der Waals surface area contributed by atoms with Gasteiger partial charge in [-0.2, -0.15) is 0 Å². The van der Waals surface area contributed by atoms with E-state index in [0.29, 0.717) is 23.0 Å². The molecule has 2 aromatic rings. The van der Waals surface area contributed by atoms with E-state index in [2.05, 4.69) is 25.9 Å². The number of fused-ring (bicyclic) bond motifs is 2. The van der Waals surface area contributed by atoms with Gasteiger partial charge in [0.05, 0.1) is 0 Å². The van der Waals surface area contributed by atoms with E-state index >= 15 is 0 Å². The van der Waals surface area contributed by atoms with E-state index in [-0.39, 0.29) is 23.3 Å². The van der Waals surface area contributed by atoms with Crippen LogP contribution in [0, 0.1) is 12.8 Å². The molecule has 0 radical (unpaired) electrons. The third kappa shape index (κ3) is 3.14. The van der Waals surface area contributed by atoms with Crippen molar-refractivity contribution in [2.75, 3.05) is 10.6 Å². The van der Waals surface area contributed by atoms with Gasteiger partial charge in [-0.05, 0) is 57.1 Å². The lowest BCUT2D eigenvalue weighted by Crippen LogP contribution is -2.48. The minimum absolute atomic E-state index is 0.0445. The first-order valence-corrected chi connectivity index (χ1v) is 10.5. The molecule has 30 heavy (non-hydrogen) atoms. The third-order valence-electron chi connectivity index (χ3n) is 6.19. The van der Waals surface area contributed by atoms with E-state index in [0.717, 1.165) is 50.5 Å². The zero-order valence-electron chi connectivity index (χ0n) is 16.8. The van der Waals surface area contributed by atoms with Crippen molar-refractivity contribution in [3.05, 3.63) is 40.1 Å². The van der Waals surface area contributed by atoms with Crippen LogP contribution in [0.5, 0.6) is 0 Å². The largest absolute Gasteiger partial charge is 0.336 e. The van der Waals surface area contributed by atoms with Crippen molar-refractivity contribution in [1.82, 2.24) is 19.9 Å². The Kier molecular flexibility index (Phi) is 4.34. The van der Waals surface area contributed by atoms with Crippen LogP contribution >= 0.6 is 0 Å². The minimum atomic E-state index is -0.640. The lowest BCUT2D eigenvalue weighted by atomic mass is 9.89. The number of amides is 2. The molecule has 0 bridgehead atoms. The summed E-state index contributed by atoms with van der Waals surface area (Å²) in [5.74, 6) is 0.630. The number of aromatic nitrogens is 3. The van der Waals surface area contributed by atoms with Gasteiger partial charge in [0.2, 0.25) is 5.91 Å². The molecule has 3 N–H and O–H groups in total. The number of aryl methyl sites for hydroxylation is 1. The monoisotopic (exact) mass is 408 g/mol. The van der Waals surface area contributed by atoms with Gasteiger partial charge in [0.25, 0.3) is 11.5 Å². The number of nitrogens with zero attached hydrogens (tertiary/aromatic N) is 3. The summed E-state index contributed by atoms with van der Waals surface area (Å²) in [5, 5.41) is 8.92. The molecular formula is C21H24N6O3. The average Bonchev–Trinajstić information content (AvgIpc) is 3.52. The molecule has 2 saturated carbocycles. The molecule has 9 nitrogen and oxygen atoms in total. The van der Waals surface area contributed by atoms with Gasteiger partial charge in [-0.25, -0.2) is 9.97 Å². The topological polar surface area (TPSA) is 118 Å². The van der Waals surface area contributed by atoms with E-state index in [9.17, 15) is 14.4 Å². The Bertz CT molecular complexity index is 1100. The van der Waals surface area contributed by atoms with E-state index in [1.54, 1.807) is 16.7 Å². The third-order valence-corrected chi connectivity index (χ3v) is 6.19. The number of carbonyl (C=O) groups excluding carboxylic acids is 2. The molecule has 2 amide bonds. The molecule has 2 aliphatic carbocycles. The fourth-order valence-electron chi connectivity index (χ4n) is 4.54. The molecule has 0 atom stereocenters. The van der Waals surface area contributed by atoms with Crippen LogP contribution in [-0.4, -0.2) is 26.3 Å². The van der Waals surface area contributed by atoms with Gasteiger partial charge in [-0.1, -0.05) is 6.42 Å². The normalized spacial score (nSPS) is 19.3. The van der Waals surface area contributed by atoms with Crippen LogP contribution in [0.3, 0.4) is 0 Å². The summed E-state index contributed by atoms with van der Waals surface area (Å²) in [7, 11) is 0. The maximum Gasteiger partial charge on any atom is 0.276 e. The molecule has 0 saturated heterocycles. The second-order valence-electron chi connectivity index (χ2n) is 8.45. The van der Waals surface area contributed by atoms with Gasteiger partial charge in [0.1, 0.15) is 35.0 Å². The maximum absolute atomic E-state index is 13.4. The van der Waals surface area contributed by atoms with Crippen molar-refractivity contribution < 1.29 is 9.59 Å². The SMILES string of the molecule is Cc1cc(Nc2cc(NC(=O)C3CC3)ncn2)c(=O)n2c1C(=O)NC21CCCCC1. The van der Waals surface area contributed by atoms with E-state index in [4.69, 9.17) is 0 Å². The number of hydrogen-bond acceptors (Lipinski definition) is 6. The van der Waals surface area contributed by atoms with Crippen LogP contribution < -0.4 is 21.5 Å². The lowest BCUT2D eigenvalue weighted by molar-refractivity contribution is -0.117. The van der Waals surface area contributed by atoms with Gasteiger partial charge in [-0.3, -0.25) is 19.0 Å². The first-order valence-electron chi connectivity index (χ1n) is 10.5. The van der Waals surface area contributed by atoms with Crippen molar-refractivity contribution in [1.29, 1.82) is 0 Å². The predicted molar refractivity (Wildman–Crippen MR) is 111 cm³/mol. The Morgan fingerprint density at radius 2 is 1.87 bits per heavy atom. The number of rotatable bonds is 4. The fourth-order valence-corrected chi connectivity index (χ4v) is 4.54. The molecule has 9 heteroatoms. The smallest absolute Gasteiger partial charge is 0.276 e. The van der Waals surface area contributed by atoms with E-state index < -0.39 is 5.66 Å². The van der Waals surface area contributed by atoms with Crippen molar-refractivity contribution in [3.63, 3.8) is 0 Å². The van der Waals surface area contributed by atoms with E-state index in [1.807, 2.05) is 6.92 Å². The molecule has 1 aliphatic heterocycles. The van der Waals surface area contributed by atoms with Crippen molar-refractivity contribution >= 4 is 29.1 Å². The molecule has 2 fully saturated rings. The second kappa shape index (κ2) is 6.93.